The number of aromatic nitrogens is 1. The average Bonchev–Trinajstić information content (AvgIpc) is 3.12. The molecule has 5 rings (SSSR count). The molecule has 0 saturated carbocycles. The summed E-state index contributed by atoms with van der Waals surface area (Å²) >= 11 is 6.30. The van der Waals surface area contributed by atoms with Crippen molar-refractivity contribution in [2.75, 3.05) is 25.0 Å². The number of piperidine rings is 1. The van der Waals surface area contributed by atoms with Gasteiger partial charge in [0.15, 0.2) is 0 Å². The SMILES string of the molecule is Cc1ccc(Nc2cc(OCC3CCNCC3)c3[nH]c4ccc(Cl)cc4c3c2)cc1. The van der Waals surface area contributed by atoms with Crippen molar-refractivity contribution >= 4 is 44.8 Å². The topological polar surface area (TPSA) is 49.1 Å². The van der Waals surface area contributed by atoms with Crippen molar-refractivity contribution in [3.8, 4) is 5.75 Å². The summed E-state index contributed by atoms with van der Waals surface area (Å²) in [5, 5.41) is 9.91. The summed E-state index contributed by atoms with van der Waals surface area (Å²) < 4.78 is 6.38. The van der Waals surface area contributed by atoms with Crippen LogP contribution in [0, 0.1) is 12.8 Å². The minimum Gasteiger partial charge on any atom is -0.491 e. The Morgan fingerprint density at radius 2 is 1.77 bits per heavy atom. The van der Waals surface area contributed by atoms with Gasteiger partial charge in [0, 0.05) is 38.8 Å². The Balaban J connectivity index is 1.54. The van der Waals surface area contributed by atoms with E-state index < -0.39 is 0 Å². The van der Waals surface area contributed by atoms with Crippen molar-refractivity contribution in [1.29, 1.82) is 0 Å². The highest BCUT2D eigenvalue weighted by molar-refractivity contribution is 6.32. The van der Waals surface area contributed by atoms with Gasteiger partial charge in [0.25, 0.3) is 0 Å². The van der Waals surface area contributed by atoms with Gasteiger partial charge in [0.1, 0.15) is 5.75 Å². The van der Waals surface area contributed by atoms with Gasteiger partial charge in [0.05, 0.1) is 12.1 Å². The summed E-state index contributed by atoms with van der Waals surface area (Å²) in [5.41, 5.74) is 5.40. The van der Waals surface area contributed by atoms with Crippen LogP contribution in [0.5, 0.6) is 5.75 Å². The number of ether oxygens (including phenoxy) is 1. The molecular formula is C25H26ClN3O. The van der Waals surface area contributed by atoms with Crippen molar-refractivity contribution in [3.63, 3.8) is 0 Å². The zero-order chi connectivity index (χ0) is 20.5. The Bertz CT molecular complexity index is 1180. The summed E-state index contributed by atoms with van der Waals surface area (Å²) in [7, 11) is 0. The zero-order valence-corrected chi connectivity index (χ0v) is 17.9. The van der Waals surface area contributed by atoms with Crippen molar-refractivity contribution in [2.45, 2.75) is 19.8 Å². The van der Waals surface area contributed by atoms with E-state index in [1.807, 2.05) is 18.2 Å². The van der Waals surface area contributed by atoms with Gasteiger partial charge in [0.2, 0.25) is 0 Å². The number of aromatic amines is 1. The van der Waals surface area contributed by atoms with Crippen LogP contribution in [0.4, 0.5) is 11.4 Å². The second-order valence-electron chi connectivity index (χ2n) is 8.21. The fourth-order valence-electron chi connectivity index (χ4n) is 4.19. The molecule has 3 aromatic carbocycles. The predicted octanol–water partition coefficient (Wildman–Crippen LogP) is 6.40. The van der Waals surface area contributed by atoms with E-state index in [0.29, 0.717) is 5.92 Å². The minimum atomic E-state index is 0.592. The summed E-state index contributed by atoms with van der Waals surface area (Å²) in [5.74, 6) is 1.47. The van der Waals surface area contributed by atoms with Gasteiger partial charge in [-0.1, -0.05) is 29.3 Å². The van der Waals surface area contributed by atoms with E-state index in [-0.39, 0.29) is 0 Å². The lowest BCUT2D eigenvalue weighted by molar-refractivity contribution is 0.217. The Morgan fingerprint density at radius 1 is 0.967 bits per heavy atom. The fourth-order valence-corrected chi connectivity index (χ4v) is 4.36. The van der Waals surface area contributed by atoms with Crippen LogP contribution < -0.4 is 15.4 Å². The second kappa shape index (κ2) is 8.21. The maximum Gasteiger partial charge on any atom is 0.145 e. The molecule has 1 saturated heterocycles. The minimum absolute atomic E-state index is 0.592. The monoisotopic (exact) mass is 419 g/mol. The predicted molar refractivity (Wildman–Crippen MR) is 126 cm³/mol. The average molecular weight is 420 g/mol. The number of H-pyrrole nitrogens is 1. The smallest absolute Gasteiger partial charge is 0.145 e. The van der Waals surface area contributed by atoms with Gasteiger partial charge in [-0.15, -0.1) is 0 Å². The van der Waals surface area contributed by atoms with Crippen LogP contribution in [0.15, 0.2) is 54.6 Å². The largest absolute Gasteiger partial charge is 0.491 e. The first-order valence-electron chi connectivity index (χ1n) is 10.6. The molecule has 30 heavy (non-hydrogen) atoms. The molecule has 0 spiro atoms. The van der Waals surface area contributed by atoms with E-state index in [4.69, 9.17) is 16.3 Å². The van der Waals surface area contributed by atoms with Crippen LogP contribution in [0.2, 0.25) is 5.02 Å². The first kappa shape index (κ1) is 19.3. The van der Waals surface area contributed by atoms with Crippen LogP contribution >= 0.6 is 11.6 Å². The van der Waals surface area contributed by atoms with Crippen molar-refractivity contribution < 1.29 is 4.74 Å². The van der Waals surface area contributed by atoms with Gasteiger partial charge in [-0.3, -0.25) is 0 Å². The molecule has 2 heterocycles. The summed E-state index contributed by atoms with van der Waals surface area (Å²) in [6.07, 6.45) is 2.32. The van der Waals surface area contributed by atoms with Crippen LogP contribution in [0.25, 0.3) is 21.8 Å². The van der Waals surface area contributed by atoms with Crippen LogP contribution in [0.1, 0.15) is 18.4 Å². The highest BCUT2D eigenvalue weighted by Gasteiger charge is 2.17. The molecule has 4 nitrogen and oxygen atoms in total. The molecule has 0 amide bonds. The highest BCUT2D eigenvalue weighted by Crippen LogP contribution is 2.37. The number of fused-ring (bicyclic) bond motifs is 3. The Morgan fingerprint density at radius 3 is 2.57 bits per heavy atom. The molecule has 0 bridgehead atoms. The standard InChI is InChI=1S/C25H26ClN3O/c1-16-2-5-19(6-3-16)28-20-13-22-21-12-18(26)4-7-23(21)29-25(22)24(14-20)30-15-17-8-10-27-11-9-17/h2-7,12-14,17,27-29H,8-11,15H2,1H3. The maximum absolute atomic E-state index is 6.38. The molecule has 0 aliphatic carbocycles. The van der Waals surface area contributed by atoms with Crippen LogP contribution in [-0.4, -0.2) is 24.7 Å². The number of halogens is 1. The second-order valence-corrected chi connectivity index (χ2v) is 8.64. The van der Waals surface area contributed by atoms with Gasteiger partial charge >= 0.3 is 0 Å². The number of hydrogen-bond acceptors (Lipinski definition) is 3. The lowest BCUT2D eigenvalue weighted by Gasteiger charge is -2.23. The first-order valence-corrected chi connectivity index (χ1v) is 11.0. The third-order valence-electron chi connectivity index (χ3n) is 5.91. The molecule has 1 fully saturated rings. The van der Waals surface area contributed by atoms with Gasteiger partial charge < -0.3 is 20.4 Å². The van der Waals surface area contributed by atoms with Crippen LogP contribution in [-0.2, 0) is 0 Å². The molecule has 4 aromatic rings. The number of hydrogen-bond donors (Lipinski definition) is 3. The summed E-state index contributed by atoms with van der Waals surface area (Å²) in [4.78, 5) is 3.54. The molecule has 1 aliphatic heterocycles. The third-order valence-corrected chi connectivity index (χ3v) is 6.14. The Kier molecular flexibility index (Phi) is 5.28. The van der Waals surface area contributed by atoms with Crippen molar-refractivity contribution in [3.05, 3.63) is 65.2 Å². The molecule has 154 valence electrons. The number of anilines is 2. The highest BCUT2D eigenvalue weighted by atomic mass is 35.5. The number of benzene rings is 3. The van der Waals surface area contributed by atoms with E-state index in [1.165, 1.54) is 5.56 Å². The lowest BCUT2D eigenvalue weighted by atomic mass is 9.99. The summed E-state index contributed by atoms with van der Waals surface area (Å²) in [6, 6.07) is 18.6. The molecule has 1 aliphatic rings. The van der Waals surface area contributed by atoms with Gasteiger partial charge in [-0.25, -0.2) is 0 Å². The van der Waals surface area contributed by atoms with Gasteiger partial charge in [-0.2, -0.15) is 0 Å². The molecule has 0 unspecified atom stereocenters. The molecule has 3 N–H and O–H groups in total. The molecule has 0 radical (unpaired) electrons. The van der Waals surface area contributed by atoms with Crippen molar-refractivity contribution in [2.24, 2.45) is 5.92 Å². The van der Waals surface area contributed by atoms with E-state index in [9.17, 15) is 0 Å². The molecule has 0 atom stereocenters. The third kappa shape index (κ3) is 3.98. The van der Waals surface area contributed by atoms with Crippen molar-refractivity contribution in [1.82, 2.24) is 10.3 Å². The lowest BCUT2D eigenvalue weighted by Crippen LogP contribution is -2.30. The Labute approximate surface area is 181 Å². The Hall–Kier alpha value is -2.69. The quantitative estimate of drug-likeness (QED) is 0.350. The van der Waals surface area contributed by atoms with Gasteiger partial charge in [-0.05, 0) is 75.2 Å². The number of rotatable bonds is 5. The maximum atomic E-state index is 6.38. The first-order chi connectivity index (χ1) is 14.7. The van der Waals surface area contributed by atoms with E-state index in [1.54, 1.807) is 0 Å². The van der Waals surface area contributed by atoms with E-state index in [2.05, 4.69) is 58.9 Å². The normalized spacial score (nSPS) is 15.0. The molecular weight excluding hydrogens is 394 g/mol. The fraction of sp³-hybridized carbons (Fsp3) is 0.280. The van der Waals surface area contributed by atoms with E-state index >= 15 is 0 Å². The van der Waals surface area contributed by atoms with Crippen LogP contribution in [0.3, 0.4) is 0 Å². The van der Waals surface area contributed by atoms with E-state index in [0.717, 1.165) is 76.5 Å². The molecule has 1 aromatic heterocycles. The molecule has 5 heteroatoms. The zero-order valence-electron chi connectivity index (χ0n) is 17.1. The number of aryl methyl sites for hydroxylation is 1. The number of nitrogens with one attached hydrogen (secondary N) is 3. The summed E-state index contributed by atoms with van der Waals surface area (Å²) in [6.45, 7) is 4.98.